The number of hydrogen-bond acceptors (Lipinski definition) is 3. The average Bonchev–Trinajstić information content (AvgIpc) is 2.86. The molecule has 4 aromatic carbocycles. The van der Waals surface area contributed by atoms with Crippen molar-refractivity contribution in [2.75, 3.05) is 10.2 Å². The zero-order valence-electron chi connectivity index (χ0n) is 18.3. The molecule has 0 bridgehead atoms. The van der Waals surface area contributed by atoms with Crippen LogP contribution in [0.3, 0.4) is 0 Å². The number of rotatable bonds is 6. The fourth-order valence-electron chi connectivity index (χ4n) is 3.54. The molecule has 0 unspecified atom stereocenters. The molecule has 0 saturated heterocycles. The number of para-hydroxylation sites is 3. The zero-order valence-corrected chi connectivity index (χ0v) is 18.3. The molecule has 0 saturated carbocycles. The molecule has 0 aliphatic carbocycles. The highest BCUT2D eigenvalue weighted by Gasteiger charge is 2.13. The molecule has 0 heterocycles. The number of carbonyl (C=O) groups excluding carboxylic acids is 1. The molecular weight excluding hydrogens is 406 g/mol. The number of anilines is 4. The van der Waals surface area contributed by atoms with Gasteiger partial charge in [0.05, 0.1) is 0 Å². The number of hydrogen-bond donors (Lipinski definition) is 1. The summed E-state index contributed by atoms with van der Waals surface area (Å²) in [5.74, 6) is -0.425. The highest BCUT2D eigenvalue weighted by atomic mass is 16.1. The van der Waals surface area contributed by atoms with Crippen LogP contribution < -0.4 is 10.2 Å². The Labute approximate surface area is 194 Å². The Morgan fingerprint density at radius 2 is 1.27 bits per heavy atom. The summed E-state index contributed by atoms with van der Waals surface area (Å²) in [6.07, 6.45) is 1.60. The summed E-state index contributed by atoms with van der Waals surface area (Å²) in [6, 6.07) is 37.6. The SMILES string of the molecule is Cc1ccccc1NC(=O)/C(C#N)=C/c1ccc(N(c2ccccc2)c2ccccc2)cc1. The molecule has 0 aliphatic rings. The summed E-state index contributed by atoms with van der Waals surface area (Å²) in [5.41, 5.74) is 5.53. The number of nitrogens with one attached hydrogen (secondary N) is 1. The monoisotopic (exact) mass is 429 g/mol. The van der Waals surface area contributed by atoms with Crippen LogP contribution in [0, 0.1) is 18.3 Å². The van der Waals surface area contributed by atoms with E-state index < -0.39 is 5.91 Å². The van der Waals surface area contributed by atoms with Gasteiger partial charge in [0.25, 0.3) is 5.91 Å². The topological polar surface area (TPSA) is 56.1 Å². The van der Waals surface area contributed by atoms with Crippen LogP contribution in [-0.2, 0) is 4.79 Å². The summed E-state index contributed by atoms with van der Waals surface area (Å²) in [7, 11) is 0. The third-order valence-electron chi connectivity index (χ3n) is 5.25. The maximum absolute atomic E-state index is 12.6. The van der Waals surface area contributed by atoms with Gasteiger partial charge in [-0.15, -0.1) is 0 Å². The van der Waals surface area contributed by atoms with Crippen molar-refractivity contribution in [1.82, 2.24) is 0 Å². The van der Waals surface area contributed by atoms with Crippen LogP contribution in [0.4, 0.5) is 22.7 Å². The van der Waals surface area contributed by atoms with Crippen molar-refractivity contribution in [3.05, 3.63) is 126 Å². The minimum absolute atomic E-state index is 0.0500. The fourth-order valence-corrected chi connectivity index (χ4v) is 3.54. The van der Waals surface area contributed by atoms with E-state index in [9.17, 15) is 10.1 Å². The Kier molecular flexibility index (Phi) is 6.63. The number of amides is 1. The van der Waals surface area contributed by atoms with Crippen LogP contribution in [0.25, 0.3) is 6.08 Å². The van der Waals surface area contributed by atoms with Crippen molar-refractivity contribution in [3.63, 3.8) is 0 Å². The lowest BCUT2D eigenvalue weighted by molar-refractivity contribution is -0.112. The van der Waals surface area contributed by atoms with E-state index >= 15 is 0 Å². The van der Waals surface area contributed by atoms with Gasteiger partial charge in [-0.25, -0.2) is 0 Å². The molecule has 4 rings (SSSR count). The molecule has 1 amide bonds. The summed E-state index contributed by atoms with van der Waals surface area (Å²) >= 11 is 0. The second-order valence-corrected chi connectivity index (χ2v) is 7.54. The van der Waals surface area contributed by atoms with Gasteiger partial charge in [0.2, 0.25) is 0 Å². The van der Waals surface area contributed by atoms with E-state index in [1.807, 2.05) is 97.9 Å². The summed E-state index contributed by atoms with van der Waals surface area (Å²) < 4.78 is 0. The zero-order chi connectivity index (χ0) is 23.0. The van der Waals surface area contributed by atoms with Gasteiger partial charge in [0, 0.05) is 22.7 Å². The van der Waals surface area contributed by atoms with Crippen molar-refractivity contribution in [2.24, 2.45) is 0 Å². The molecule has 0 fully saturated rings. The maximum atomic E-state index is 12.6. The predicted octanol–water partition coefficient (Wildman–Crippen LogP) is 7.01. The van der Waals surface area contributed by atoms with Gasteiger partial charge >= 0.3 is 0 Å². The number of benzene rings is 4. The average molecular weight is 430 g/mol. The molecule has 0 aromatic heterocycles. The first-order valence-electron chi connectivity index (χ1n) is 10.6. The molecule has 0 aliphatic heterocycles. The Morgan fingerprint density at radius 3 is 1.82 bits per heavy atom. The molecule has 4 nitrogen and oxygen atoms in total. The molecule has 160 valence electrons. The van der Waals surface area contributed by atoms with Crippen molar-refractivity contribution in [3.8, 4) is 6.07 Å². The lowest BCUT2D eigenvalue weighted by atomic mass is 10.1. The van der Waals surface area contributed by atoms with Gasteiger partial charge in [-0.2, -0.15) is 5.26 Å². The first kappa shape index (κ1) is 21.6. The Bertz CT molecular complexity index is 1270. The van der Waals surface area contributed by atoms with Crippen LogP contribution >= 0.6 is 0 Å². The van der Waals surface area contributed by atoms with Gasteiger partial charge in [0.1, 0.15) is 11.6 Å². The van der Waals surface area contributed by atoms with E-state index in [4.69, 9.17) is 0 Å². The minimum atomic E-state index is -0.425. The lowest BCUT2D eigenvalue weighted by Crippen LogP contribution is -2.14. The van der Waals surface area contributed by atoms with Gasteiger partial charge in [-0.1, -0.05) is 66.7 Å². The molecular formula is C29H23N3O. The van der Waals surface area contributed by atoms with Crippen molar-refractivity contribution in [1.29, 1.82) is 5.26 Å². The highest BCUT2D eigenvalue weighted by Crippen LogP contribution is 2.34. The molecule has 4 heteroatoms. The van der Waals surface area contributed by atoms with Crippen LogP contribution in [0.15, 0.2) is 115 Å². The maximum Gasteiger partial charge on any atom is 0.266 e. The highest BCUT2D eigenvalue weighted by molar-refractivity contribution is 6.10. The standard InChI is InChI=1S/C29H23N3O/c1-22-10-8-9-15-28(22)31-29(33)24(21-30)20-23-16-18-27(19-17-23)32(25-11-4-2-5-12-25)26-13-6-3-7-14-26/h2-20H,1H3,(H,31,33)/b24-20+. The second kappa shape index (κ2) is 10.1. The van der Waals surface area contributed by atoms with E-state index in [1.54, 1.807) is 6.08 Å². The van der Waals surface area contributed by atoms with E-state index in [0.29, 0.717) is 5.69 Å². The summed E-state index contributed by atoms with van der Waals surface area (Å²) in [4.78, 5) is 14.8. The number of nitriles is 1. The smallest absolute Gasteiger partial charge is 0.266 e. The van der Waals surface area contributed by atoms with Gasteiger partial charge in [0.15, 0.2) is 0 Å². The number of carbonyl (C=O) groups is 1. The number of aryl methyl sites for hydroxylation is 1. The molecule has 4 aromatic rings. The number of nitrogens with zero attached hydrogens (tertiary/aromatic N) is 2. The Morgan fingerprint density at radius 1 is 0.758 bits per heavy atom. The van der Waals surface area contributed by atoms with Crippen LogP contribution in [-0.4, -0.2) is 5.91 Å². The summed E-state index contributed by atoms with van der Waals surface area (Å²) in [6.45, 7) is 1.91. The Balaban J connectivity index is 1.61. The third kappa shape index (κ3) is 5.17. The largest absolute Gasteiger partial charge is 0.321 e. The molecule has 33 heavy (non-hydrogen) atoms. The lowest BCUT2D eigenvalue weighted by Gasteiger charge is -2.25. The molecule has 0 atom stereocenters. The third-order valence-corrected chi connectivity index (χ3v) is 5.25. The second-order valence-electron chi connectivity index (χ2n) is 7.54. The molecule has 0 radical (unpaired) electrons. The van der Waals surface area contributed by atoms with Crippen LogP contribution in [0.2, 0.25) is 0 Å². The first-order chi connectivity index (χ1) is 16.2. The quantitative estimate of drug-likeness (QED) is 0.265. The van der Waals surface area contributed by atoms with Crippen molar-refractivity contribution < 1.29 is 4.79 Å². The van der Waals surface area contributed by atoms with Crippen molar-refractivity contribution in [2.45, 2.75) is 6.92 Å². The first-order valence-corrected chi connectivity index (χ1v) is 10.6. The van der Waals surface area contributed by atoms with E-state index in [-0.39, 0.29) is 5.57 Å². The fraction of sp³-hybridized carbons (Fsp3) is 0.0345. The minimum Gasteiger partial charge on any atom is -0.321 e. The molecule has 1 N–H and O–H groups in total. The predicted molar refractivity (Wildman–Crippen MR) is 135 cm³/mol. The summed E-state index contributed by atoms with van der Waals surface area (Å²) in [5, 5.41) is 12.4. The van der Waals surface area contributed by atoms with Crippen LogP contribution in [0.1, 0.15) is 11.1 Å². The van der Waals surface area contributed by atoms with Gasteiger partial charge in [-0.3, -0.25) is 4.79 Å². The van der Waals surface area contributed by atoms with Crippen LogP contribution in [0.5, 0.6) is 0 Å². The van der Waals surface area contributed by atoms with E-state index in [0.717, 1.165) is 28.2 Å². The molecule has 0 spiro atoms. The van der Waals surface area contributed by atoms with Gasteiger partial charge in [-0.05, 0) is 66.6 Å². The van der Waals surface area contributed by atoms with E-state index in [2.05, 4.69) is 34.5 Å². The van der Waals surface area contributed by atoms with Crippen molar-refractivity contribution >= 4 is 34.7 Å². The van der Waals surface area contributed by atoms with Gasteiger partial charge < -0.3 is 10.2 Å². The van der Waals surface area contributed by atoms with E-state index in [1.165, 1.54) is 0 Å². The Hall–Kier alpha value is -4.62. The normalized spacial score (nSPS) is 10.8.